The summed E-state index contributed by atoms with van der Waals surface area (Å²) in [6.07, 6.45) is 4.22. The molecule has 0 saturated carbocycles. The molecule has 2 saturated heterocycles. The van der Waals surface area contributed by atoms with Crippen molar-refractivity contribution in [2.24, 2.45) is 17.3 Å². The van der Waals surface area contributed by atoms with Crippen LogP contribution in [0.1, 0.15) is 40.0 Å². The van der Waals surface area contributed by atoms with Gasteiger partial charge in [0.15, 0.2) is 0 Å². The highest BCUT2D eigenvalue weighted by atomic mass is 15.1. The Labute approximate surface area is 101 Å². The van der Waals surface area contributed by atoms with E-state index in [0.29, 0.717) is 5.41 Å². The Kier molecular flexibility index (Phi) is 3.91. The van der Waals surface area contributed by atoms with Crippen molar-refractivity contribution in [1.29, 1.82) is 0 Å². The quantitative estimate of drug-likeness (QED) is 0.791. The lowest BCUT2D eigenvalue weighted by Gasteiger charge is -2.27. The zero-order chi connectivity index (χ0) is 11.6. The van der Waals surface area contributed by atoms with Crippen molar-refractivity contribution < 1.29 is 0 Å². The van der Waals surface area contributed by atoms with Gasteiger partial charge in [0.2, 0.25) is 0 Å². The van der Waals surface area contributed by atoms with E-state index in [1.165, 1.54) is 52.0 Å². The third-order valence-corrected chi connectivity index (χ3v) is 4.51. The van der Waals surface area contributed by atoms with Crippen molar-refractivity contribution >= 4 is 0 Å². The molecule has 0 spiro atoms. The molecule has 0 aromatic heterocycles. The second-order valence-electron chi connectivity index (χ2n) is 6.80. The molecule has 0 aromatic carbocycles. The van der Waals surface area contributed by atoms with E-state index in [1.54, 1.807) is 0 Å². The molecule has 2 aliphatic heterocycles. The molecule has 2 aliphatic rings. The van der Waals surface area contributed by atoms with Gasteiger partial charge < -0.3 is 10.2 Å². The number of nitrogens with zero attached hydrogens (tertiary/aromatic N) is 1. The van der Waals surface area contributed by atoms with Gasteiger partial charge in [0.05, 0.1) is 0 Å². The van der Waals surface area contributed by atoms with Gasteiger partial charge in [-0.1, -0.05) is 20.8 Å². The second kappa shape index (κ2) is 5.05. The minimum Gasteiger partial charge on any atom is -0.316 e. The van der Waals surface area contributed by atoms with Crippen molar-refractivity contribution in [3.63, 3.8) is 0 Å². The molecule has 1 N–H and O–H groups in total. The summed E-state index contributed by atoms with van der Waals surface area (Å²) in [5.74, 6) is 1.86. The molecule has 0 radical (unpaired) electrons. The highest BCUT2D eigenvalue weighted by Gasteiger charge is 2.31. The highest BCUT2D eigenvalue weighted by Crippen LogP contribution is 2.33. The van der Waals surface area contributed by atoms with Crippen molar-refractivity contribution in [2.75, 3.05) is 32.7 Å². The second-order valence-corrected chi connectivity index (χ2v) is 6.80. The maximum Gasteiger partial charge on any atom is 0.00151 e. The van der Waals surface area contributed by atoms with E-state index >= 15 is 0 Å². The van der Waals surface area contributed by atoms with Crippen LogP contribution in [0, 0.1) is 17.3 Å². The van der Waals surface area contributed by atoms with Gasteiger partial charge in [-0.2, -0.15) is 0 Å². The molecule has 0 aromatic rings. The van der Waals surface area contributed by atoms with E-state index in [2.05, 4.69) is 31.0 Å². The molecule has 2 rings (SSSR count). The normalized spacial score (nSPS) is 32.4. The largest absolute Gasteiger partial charge is 0.316 e. The van der Waals surface area contributed by atoms with E-state index in [1.807, 2.05) is 0 Å². The third-order valence-electron chi connectivity index (χ3n) is 4.51. The fourth-order valence-corrected chi connectivity index (χ4v) is 3.07. The fraction of sp³-hybridized carbons (Fsp3) is 1.00. The van der Waals surface area contributed by atoms with Crippen LogP contribution >= 0.6 is 0 Å². The summed E-state index contributed by atoms with van der Waals surface area (Å²) in [7, 11) is 0. The van der Waals surface area contributed by atoms with Gasteiger partial charge in [-0.3, -0.25) is 0 Å². The summed E-state index contributed by atoms with van der Waals surface area (Å²) in [5, 5.41) is 3.46. The van der Waals surface area contributed by atoms with Gasteiger partial charge in [0, 0.05) is 6.54 Å². The Morgan fingerprint density at radius 1 is 1.25 bits per heavy atom. The van der Waals surface area contributed by atoms with Gasteiger partial charge in [-0.05, 0) is 62.7 Å². The average Bonchev–Trinajstić information content (AvgIpc) is 2.85. The molecular weight excluding hydrogens is 196 g/mol. The Bertz CT molecular complexity index is 213. The lowest BCUT2D eigenvalue weighted by atomic mass is 9.80. The Morgan fingerprint density at radius 3 is 2.62 bits per heavy atom. The van der Waals surface area contributed by atoms with Crippen molar-refractivity contribution in [3.8, 4) is 0 Å². The SMILES string of the molecule is CC(C)(C)C1CCN(CCC2CCNC2)C1. The van der Waals surface area contributed by atoms with Gasteiger partial charge in [0.1, 0.15) is 0 Å². The predicted molar refractivity (Wildman–Crippen MR) is 69.6 cm³/mol. The van der Waals surface area contributed by atoms with Crippen molar-refractivity contribution in [3.05, 3.63) is 0 Å². The molecule has 2 atom stereocenters. The number of hydrogen-bond donors (Lipinski definition) is 1. The lowest BCUT2D eigenvalue weighted by molar-refractivity contribution is 0.224. The molecular formula is C14H28N2. The van der Waals surface area contributed by atoms with E-state index in [9.17, 15) is 0 Å². The van der Waals surface area contributed by atoms with Gasteiger partial charge in [-0.15, -0.1) is 0 Å². The van der Waals surface area contributed by atoms with Crippen LogP contribution in [0.3, 0.4) is 0 Å². The van der Waals surface area contributed by atoms with Crippen LogP contribution in [0.15, 0.2) is 0 Å². The monoisotopic (exact) mass is 224 g/mol. The van der Waals surface area contributed by atoms with E-state index in [-0.39, 0.29) is 0 Å². The number of likely N-dealkylation sites (tertiary alicyclic amines) is 1. The standard InChI is InChI=1S/C14H28N2/c1-14(2,3)13-6-9-16(11-13)8-5-12-4-7-15-10-12/h12-13,15H,4-11H2,1-3H3. The average molecular weight is 224 g/mol. The summed E-state index contributed by atoms with van der Waals surface area (Å²) < 4.78 is 0. The first-order chi connectivity index (χ1) is 7.55. The Hall–Kier alpha value is -0.0800. The van der Waals surface area contributed by atoms with Gasteiger partial charge >= 0.3 is 0 Å². The van der Waals surface area contributed by atoms with E-state index in [0.717, 1.165) is 11.8 Å². The summed E-state index contributed by atoms with van der Waals surface area (Å²) in [5.41, 5.74) is 0.504. The molecule has 0 aliphatic carbocycles. The first-order valence-corrected chi connectivity index (χ1v) is 6.99. The van der Waals surface area contributed by atoms with Crippen LogP contribution in [0.25, 0.3) is 0 Å². The third kappa shape index (κ3) is 3.21. The Balaban J connectivity index is 1.68. The molecule has 2 nitrogen and oxygen atoms in total. The van der Waals surface area contributed by atoms with E-state index < -0.39 is 0 Å². The zero-order valence-electron chi connectivity index (χ0n) is 11.3. The first-order valence-electron chi connectivity index (χ1n) is 6.99. The molecule has 2 unspecified atom stereocenters. The predicted octanol–water partition coefficient (Wildman–Crippen LogP) is 2.35. The summed E-state index contributed by atoms with van der Waals surface area (Å²) in [6, 6.07) is 0. The Morgan fingerprint density at radius 2 is 2.06 bits per heavy atom. The number of nitrogens with one attached hydrogen (secondary N) is 1. The summed E-state index contributed by atoms with van der Waals surface area (Å²) >= 11 is 0. The highest BCUT2D eigenvalue weighted by molar-refractivity contribution is 4.84. The maximum atomic E-state index is 3.46. The van der Waals surface area contributed by atoms with Crippen LogP contribution in [-0.4, -0.2) is 37.6 Å². The van der Waals surface area contributed by atoms with Crippen molar-refractivity contribution in [1.82, 2.24) is 10.2 Å². The van der Waals surface area contributed by atoms with Gasteiger partial charge in [-0.25, -0.2) is 0 Å². The smallest absolute Gasteiger partial charge is 0.00151 e. The molecule has 94 valence electrons. The van der Waals surface area contributed by atoms with Crippen LogP contribution in [0.5, 0.6) is 0 Å². The maximum absolute atomic E-state index is 3.46. The molecule has 0 bridgehead atoms. The molecule has 2 fully saturated rings. The summed E-state index contributed by atoms with van der Waals surface area (Å²) in [6.45, 7) is 13.7. The molecule has 0 amide bonds. The number of hydrogen-bond acceptors (Lipinski definition) is 2. The first kappa shape index (κ1) is 12.4. The van der Waals surface area contributed by atoms with Gasteiger partial charge in [0.25, 0.3) is 0 Å². The molecule has 2 heteroatoms. The lowest BCUT2D eigenvalue weighted by Crippen LogP contribution is -2.28. The molecule has 16 heavy (non-hydrogen) atoms. The van der Waals surface area contributed by atoms with Crippen LogP contribution in [0.4, 0.5) is 0 Å². The minimum atomic E-state index is 0.504. The van der Waals surface area contributed by atoms with E-state index in [4.69, 9.17) is 0 Å². The molecule has 2 heterocycles. The van der Waals surface area contributed by atoms with Crippen molar-refractivity contribution in [2.45, 2.75) is 40.0 Å². The topological polar surface area (TPSA) is 15.3 Å². The van der Waals surface area contributed by atoms with Crippen LogP contribution in [-0.2, 0) is 0 Å². The number of rotatable bonds is 3. The van der Waals surface area contributed by atoms with Crippen LogP contribution < -0.4 is 5.32 Å². The fourth-order valence-electron chi connectivity index (χ4n) is 3.07. The van der Waals surface area contributed by atoms with Crippen LogP contribution in [0.2, 0.25) is 0 Å². The summed E-state index contributed by atoms with van der Waals surface area (Å²) in [4.78, 5) is 2.69. The zero-order valence-corrected chi connectivity index (χ0v) is 11.3. The minimum absolute atomic E-state index is 0.504.